The zero-order valence-corrected chi connectivity index (χ0v) is 10.5. The van der Waals surface area contributed by atoms with E-state index in [1.54, 1.807) is 11.3 Å². The Labute approximate surface area is 106 Å². The van der Waals surface area contributed by atoms with Crippen molar-refractivity contribution in [3.8, 4) is 0 Å². The molecule has 3 heterocycles. The Bertz CT molecular complexity index is 769. The van der Waals surface area contributed by atoms with E-state index in [2.05, 4.69) is 39.0 Å². The summed E-state index contributed by atoms with van der Waals surface area (Å²) in [5.41, 5.74) is 5.91. The van der Waals surface area contributed by atoms with Crippen LogP contribution in [0.15, 0.2) is 16.9 Å². The summed E-state index contributed by atoms with van der Waals surface area (Å²) >= 11 is 1.71. The lowest BCUT2D eigenvalue weighted by molar-refractivity contribution is 1.05. The molecular weight excluding hydrogens is 250 g/mol. The summed E-state index contributed by atoms with van der Waals surface area (Å²) in [4.78, 5) is 27.8. The van der Waals surface area contributed by atoms with Crippen LogP contribution in [0, 0.1) is 6.92 Å². The molecule has 0 amide bonds. The lowest BCUT2D eigenvalue weighted by atomic mass is 10.3. The van der Waals surface area contributed by atoms with E-state index < -0.39 is 0 Å². The molecule has 0 saturated carbocycles. The summed E-state index contributed by atoms with van der Waals surface area (Å²) in [5.74, 6) is 0.799. The summed E-state index contributed by atoms with van der Waals surface area (Å²) < 4.78 is 0. The van der Waals surface area contributed by atoms with Gasteiger partial charge in [-0.15, -0.1) is 11.3 Å². The number of fused-ring (bicyclic) bond motifs is 1. The fraction of sp³-hybridized carbons (Fsp3) is 0.182. The minimum atomic E-state index is -0.293. The molecule has 0 aliphatic rings. The average molecular weight is 261 g/mol. The van der Waals surface area contributed by atoms with E-state index in [1.165, 1.54) is 9.75 Å². The predicted octanol–water partition coefficient (Wildman–Crippen LogP) is 1.19. The van der Waals surface area contributed by atoms with Crippen LogP contribution in [0.5, 0.6) is 0 Å². The third-order valence-corrected chi connectivity index (χ3v) is 3.57. The first-order valence-corrected chi connectivity index (χ1v) is 6.23. The van der Waals surface area contributed by atoms with Gasteiger partial charge in [-0.05, 0) is 19.1 Å². The normalized spacial score (nSPS) is 11.2. The Hall–Kier alpha value is -2.15. The molecule has 0 spiro atoms. The minimum Gasteiger partial charge on any atom is -0.369 e. The first-order valence-electron chi connectivity index (χ1n) is 5.41. The zero-order valence-electron chi connectivity index (χ0n) is 9.65. The van der Waals surface area contributed by atoms with Gasteiger partial charge < -0.3 is 10.7 Å². The topological polar surface area (TPSA) is 100 Å². The number of H-pyrrole nitrogens is 2. The van der Waals surface area contributed by atoms with E-state index in [1.807, 2.05) is 0 Å². The second-order valence-electron chi connectivity index (χ2n) is 4.02. The number of hydrogen-bond donors (Lipinski definition) is 3. The van der Waals surface area contributed by atoms with Gasteiger partial charge >= 0.3 is 0 Å². The fourth-order valence-electron chi connectivity index (χ4n) is 1.80. The molecule has 0 aliphatic heterocycles. The number of anilines is 1. The summed E-state index contributed by atoms with van der Waals surface area (Å²) in [6, 6.07) is 4.12. The molecule has 0 atom stereocenters. The van der Waals surface area contributed by atoms with Crippen molar-refractivity contribution in [2.75, 3.05) is 5.73 Å². The lowest BCUT2D eigenvalue weighted by Crippen LogP contribution is -2.10. The quantitative estimate of drug-likeness (QED) is 0.645. The van der Waals surface area contributed by atoms with Gasteiger partial charge in [0.15, 0.2) is 11.2 Å². The number of nitrogen functional groups attached to an aromatic ring is 1. The van der Waals surface area contributed by atoms with Crippen molar-refractivity contribution in [2.24, 2.45) is 0 Å². The highest BCUT2D eigenvalue weighted by Crippen LogP contribution is 2.18. The van der Waals surface area contributed by atoms with Gasteiger partial charge in [0.1, 0.15) is 5.82 Å². The summed E-state index contributed by atoms with van der Waals surface area (Å²) in [6.45, 7) is 2.06. The van der Waals surface area contributed by atoms with Gasteiger partial charge in [-0.25, -0.2) is 4.98 Å². The molecule has 3 aromatic heterocycles. The first-order chi connectivity index (χ1) is 8.61. The van der Waals surface area contributed by atoms with Crippen molar-refractivity contribution in [2.45, 2.75) is 13.3 Å². The third-order valence-electron chi connectivity index (χ3n) is 2.57. The molecule has 0 unspecified atom stereocenters. The number of nitrogens with two attached hydrogens (primary N) is 1. The molecule has 4 N–H and O–H groups in total. The van der Waals surface area contributed by atoms with Crippen molar-refractivity contribution in [1.29, 1.82) is 0 Å². The Kier molecular flexibility index (Phi) is 2.41. The van der Waals surface area contributed by atoms with Gasteiger partial charge in [0.2, 0.25) is 5.95 Å². The van der Waals surface area contributed by atoms with Crippen molar-refractivity contribution in [3.05, 3.63) is 38.1 Å². The molecular formula is C11H11N5OS. The van der Waals surface area contributed by atoms with Crippen LogP contribution in [0.3, 0.4) is 0 Å². The molecule has 18 heavy (non-hydrogen) atoms. The molecule has 0 bridgehead atoms. The first kappa shape index (κ1) is 11.0. The highest BCUT2D eigenvalue weighted by molar-refractivity contribution is 7.11. The number of hydrogen-bond acceptors (Lipinski definition) is 5. The molecule has 0 aliphatic carbocycles. The zero-order chi connectivity index (χ0) is 12.7. The van der Waals surface area contributed by atoms with Gasteiger partial charge in [0.25, 0.3) is 5.56 Å². The standard InChI is InChI=1S/C11H11N5OS/c1-5-2-3-6(18-5)4-7-13-8-9(14-7)15-11(12)16-10(8)17/h2-3H,4H2,1H3,(H4,12,13,14,15,16,17). The average Bonchev–Trinajstić information content (AvgIpc) is 2.85. The van der Waals surface area contributed by atoms with Gasteiger partial charge in [-0.1, -0.05) is 0 Å². The van der Waals surface area contributed by atoms with Crippen molar-refractivity contribution < 1.29 is 0 Å². The second kappa shape index (κ2) is 3.95. The highest BCUT2D eigenvalue weighted by Gasteiger charge is 2.09. The van der Waals surface area contributed by atoms with Crippen LogP contribution in [0.2, 0.25) is 0 Å². The third kappa shape index (κ3) is 1.88. The number of aryl methyl sites for hydroxylation is 1. The Balaban J connectivity index is 2.03. The van der Waals surface area contributed by atoms with E-state index in [-0.39, 0.29) is 11.5 Å². The molecule has 6 nitrogen and oxygen atoms in total. The minimum absolute atomic E-state index is 0.0810. The molecule has 3 rings (SSSR count). The van der Waals surface area contributed by atoms with E-state index in [4.69, 9.17) is 5.73 Å². The maximum Gasteiger partial charge on any atom is 0.278 e. The number of aromatic nitrogens is 4. The maximum atomic E-state index is 11.6. The van der Waals surface area contributed by atoms with Gasteiger partial charge in [0.05, 0.1) is 0 Å². The van der Waals surface area contributed by atoms with Crippen LogP contribution < -0.4 is 11.3 Å². The van der Waals surface area contributed by atoms with Crippen LogP contribution in [0.1, 0.15) is 15.6 Å². The van der Waals surface area contributed by atoms with E-state index in [0.717, 1.165) is 5.82 Å². The largest absolute Gasteiger partial charge is 0.369 e. The molecule has 0 fully saturated rings. The summed E-state index contributed by atoms with van der Waals surface area (Å²) in [6.07, 6.45) is 0.661. The molecule has 92 valence electrons. The molecule has 0 aromatic carbocycles. The number of thiophene rings is 1. The Morgan fingerprint density at radius 3 is 2.89 bits per heavy atom. The Morgan fingerprint density at radius 1 is 1.33 bits per heavy atom. The van der Waals surface area contributed by atoms with Crippen LogP contribution in [-0.4, -0.2) is 19.9 Å². The fourth-order valence-corrected chi connectivity index (χ4v) is 2.70. The van der Waals surface area contributed by atoms with Gasteiger partial charge in [0, 0.05) is 16.2 Å². The maximum absolute atomic E-state index is 11.6. The smallest absolute Gasteiger partial charge is 0.278 e. The SMILES string of the molecule is Cc1ccc(Cc2nc3nc(N)[nH]c(=O)c3[nH]2)s1. The molecule has 0 radical (unpaired) electrons. The monoisotopic (exact) mass is 261 g/mol. The molecule has 3 aromatic rings. The molecule has 7 heteroatoms. The summed E-state index contributed by atoms with van der Waals surface area (Å²) in [7, 11) is 0. The predicted molar refractivity (Wildman–Crippen MR) is 70.8 cm³/mol. The second-order valence-corrected chi connectivity index (χ2v) is 5.39. The van der Waals surface area contributed by atoms with Crippen molar-refractivity contribution in [3.63, 3.8) is 0 Å². The summed E-state index contributed by atoms with van der Waals surface area (Å²) in [5, 5.41) is 0. The van der Waals surface area contributed by atoms with Crippen LogP contribution in [0.4, 0.5) is 5.95 Å². The van der Waals surface area contributed by atoms with Crippen LogP contribution in [-0.2, 0) is 6.42 Å². The number of rotatable bonds is 2. The van der Waals surface area contributed by atoms with Gasteiger partial charge in [-0.3, -0.25) is 9.78 Å². The number of nitrogens with one attached hydrogen (secondary N) is 2. The lowest BCUT2D eigenvalue weighted by Gasteiger charge is -1.90. The van der Waals surface area contributed by atoms with Gasteiger partial charge in [-0.2, -0.15) is 4.98 Å². The Morgan fingerprint density at radius 2 is 2.17 bits per heavy atom. The van der Waals surface area contributed by atoms with E-state index in [9.17, 15) is 4.79 Å². The van der Waals surface area contributed by atoms with E-state index in [0.29, 0.717) is 17.6 Å². The van der Waals surface area contributed by atoms with Crippen LogP contribution in [0.25, 0.3) is 11.2 Å². The van der Waals surface area contributed by atoms with E-state index >= 15 is 0 Å². The van der Waals surface area contributed by atoms with Crippen molar-refractivity contribution in [1.82, 2.24) is 19.9 Å². The number of aromatic amines is 2. The number of nitrogens with zero attached hydrogens (tertiary/aromatic N) is 2. The van der Waals surface area contributed by atoms with Crippen LogP contribution >= 0.6 is 11.3 Å². The highest BCUT2D eigenvalue weighted by atomic mass is 32.1. The van der Waals surface area contributed by atoms with Crippen molar-refractivity contribution >= 4 is 28.4 Å². The molecule has 0 saturated heterocycles. The number of imidazole rings is 1.